The summed E-state index contributed by atoms with van der Waals surface area (Å²) in [6, 6.07) is 6.96. The van der Waals surface area contributed by atoms with Gasteiger partial charge in [0.2, 0.25) is 11.3 Å². The van der Waals surface area contributed by atoms with E-state index in [9.17, 15) is 14.4 Å². The Morgan fingerprint density at radius 3 is 2.84 bits per heavy atom. The molecule has 0 aliphatic carbocycles. The van der Waals surface area contributed by atoms with Crippen LogP contribution in [0.4, 0.5) is 0 Å². The highest BCUT2D eigenvalue weighted by molar-refractivity contribution is 5.98. The Bertz CT molecular complexity index is 836. The predicted molar refractivity (Wildman–Crippen MR) is 97.9 cm³/mol. The molecule has 1 fully saturated rings. The van der Waals surface area contributed by atoms with Crippen LogP contribution in [0.15, 0.2) is 35.3 Å². The fourth-order valence-corrected chi connectivity index (χ4v) is 2.94. The van der Waals surface area contributed by atoms with Crippen molar-refractivity contribution in [3.63, 3.8) is 0 Å². The number of aromatic amines is 1. The molecule has 3 rings (SSSR count). The van der Waals surface area contributed by atoms with E-state index < -0.39 is 5.91 Å². The highest BCUT2D eigenvalue weighted by atomic mass is 35.5. The number of nitrogens with zero attached hydrogens (tertiary/aromatic N) is 1. The molecule has 4 N–H and O–H groups in total. The number of halogens is 1. The molecule has 1 unspecified atom stereocenters. The number of pyridine rings is 1. The summed E-state index contributed by atoms with van der Waals surface area (Å²) >= 11 is 0. The van der Waals surface area contributed by atoms with Crippen molar-refractivity contribution >= 4 is 35.1 Å². The van der Waals surface area contributed by atoms with Gasteiger partial charge in [0.05, 0.1) is 6.54 Å². The largest absolute Gasteiger partial charge is 0.360 e. The van der Waals surface area contributed by atoms with Crippen molar-refractivity contribution < 1.29 is 9.59 Å². The van der Waals surface area contributed by atoms with Gasteiger partial charge in [-0.3, -0.25) is 14.4 Å². The third-order valence-electron chi connectivity index (χ3n) is 4.24. The van der Waals surface area contributed by atoms with E-state index in [0.717, 1.165) is 12.8 Å². The topological polar surface area (TPSA) is 108 Å². The zero-order valence-electron chi connectivity index (χ0n) is 13.7. The summed E-state index contributed by atoms with van der Waals surface area (Å²) in [4.78, 5) is 41.3. The predicted octanol–water partition coefficient (Wildman–Crippen LogP) is 0.629. The van der Waals surface area contributed by atoms with Gasteiger partial charge < -0.3 is 20.9 Å². The van der Waals surface area contributed by atoms with Crippen LogP contribution in [-0.4, -0.2) is 47.4 Å². The van der Waals surface area contributed by atoms with Gasteiger partial charge >= 0.3 is 0 Å². The van der Waals surface area contributed by atoms with Crippen molar-refractivity contribution in [2.75, 3.05) is 19.6 Å². The summed E-state index contributed by atoms with van der Waals surface area (Å²) in [5, 5.41) is 2.97. The minimum Gasteiger partial charge on any atom is -0.360 e. The lowest BCUT2D eigenvalue weighted by molar-refractivity contribution is -0.131. The van der Waals surface area contributed by atoms with Crippen LogP contribution in [0.3, 0.4) is 0 Å². The highest BCUT2D eigenvalue weighted by Crippen LogP contribution is 2.09. The number of hydrogen-bond acceptors (Lipinski definition) is 4. The van der Waals surface area contributed by atoms with E-state index in [2.05, 4.69) is 10.3 Å². The van der Waals surface area contributed by atoms with E-state index in [1.165, 1.54) is 6.20 Å². The molecule has 1 aliphatic rings. The van der Waals surface area contributed by atoms with Gasteiger partial charge in [-0.25, -0.2) is 0 Å². The van der Waals surface area contributed by atoms with Gasteiger partial charge in [-0.1, -0.05) is 12.1 Å². The molecule has 8 heteroatoms. The average molecular weight is 365 g/mol. The maximum Gasteiger partial charge on any atom is 0.257 e. The Labute approximate surface area is 151 Å². The molecule has 0 radical (unpaired) electrons. The molecule has 2 heterocycles. The molecule has 1 aromatic carbocycles. The number of amides is 2. The van der Waals surface area contributed by atoms with E-state index in [-0.39, 0.29) is 41.9 Å². The molecule has 0 saturated carbocycles. The zero-order chi connectivity index (χ0) is 17.1. The monoisotopic (exact) mass is 364 g/mol. The first-order valence-electron chi connectivity index (χ1n) is 7.98. The normalized spacial score (nSPS) is 17.0. The number of hydrogen-bond donors (Lipinski definition) is 3. The van der Waals surface area contributed by atoms with E-state index in [0.29, 0.717) is 24.0 Å². The highest BCUT2D eigenvalue weighted by Gasteiger charge is 2.22. The number of carbonyl (C=O) groups excluding carboxylic acids is 2. The molecule has 134 valence electrons. The SMILES string of the molecule is Cl.NC1CCCN(C(=O)CNC(=O)c2c[nH]c3ccccc3c2=O)C1. The smallest absolute Gasteiger partial charge is 0.257 e. The van der Waals surface area contributed by atoms with Gasteiger partial charge in [-0.15, -0.1) is 12.4 Å². The lowest BCUT2D eigenvalue weighted by Crippen LogP contribution is -2.49. The number of nitrogens with one attached hydrogen (secondary N) is 2. The second-order valence-electron chi connectivity index (χ2n) is 6.00. The van der Waals surface area contributed by atoms with Crippen LogP contribution in [0, 0.1) is 0 Å². The Balaban J connectivity index is 0.00000225. The number of fused-ring (bicyclic) bond motifs is 1. The fourth-order valence-electron chi connectivity index (χ4n) is 2.94. The first kappa shape index (κ1) is 19.0. The zero-order valence-corrected chi connectivity index (χ0v) is 14.5. The quantitative estimate of drug-likeness (QED) is 0.742. The molecular weight excluding hydrogens is 344 g/mol. The summed E-state index contributed by atoms with van der Waals surface area (Å²) < 4.78 is 0. The van der Waals surface area contributed by atoms with Gasteiger partial charge in [-0.05, 0) is 25.0 Å². The molecule has 1 aromatic heterocycles. The summed E-state index contributed by atoms with van der Waals surface area (Å²) in [6.07, 6.45) is 3.15. The first-order valence-corrected chi connectivity index (χ1v) is 7.98. The molecule has 2 aromatic rings. The minimum atomic E-state index is -0.559. The molecule has 0 bridgehead atoms. The van der Waals surface area contributed by atoms with Crippen LogP contribution in [0.25, 0.3) is 10.9 Å². The van der Waals surface area contributed by atoms with Crippen molar-refractivity contribution in [2.24, 2.45) is 5.73 Å². The number of aromatic nitrogens is 1. The second-order valence-corrected chi connectivity index (χ2v) is 6.00. The molecule has 1 saturated heterocycles. The maximum absolute atomic E-state index is 12.4. The van der Waals surface area contributed by atoms with E-state index in [1.807, 2.05) is 0 Å². The van der Waals surface area contributed by atoms with Gasteiger partial charge in [0.25, 0.3) is 5.91 Å². The molecule has 2 amide bonds. The summed E-state index contributed by atoms with van der Waals surface area (Å²) in [6.45, 7) is 1.02. The molecule has 7 nitrogen and oxygen atoms in total. The number of benzene rings is 1. The van der Waals surface area contributed by atoms with Crippen LogP contribution in [0.5, 0.6) is 0 Å². The number of H-pyrrole nitrogens is 1. The van der Waals surface area contributed by atoms with Gasteiger partial charge in [0.1, 0.15) is 5.56 Å². The summed E-state index contributed by atoms with van der Waals surface area (Å²) in [5.74, 6) is -0.743. The Morgan fingerprint density at radius 2 is 2.08 bits per heavy atom. The van der Waals surface area contributed by atoms with Gasteiger partial charge in [0.15, 0.2) is 0 Å². The van der Waals surface area contributed by atoms with Crippen LogP contribution in [-0.2, 0) is 4.79 Å². The lowest BCUT2D eigenvalue weighted by Gasteiger charge is -2.30. The van der Waals surface area contributed by atoms with Crippen LogP contribution < -0.4 is 16.5 Å². The fraction of sp³-hybridized carbons (Fsp3) is 0.353. The van der Waals surface area contributed by atoms with Crippen molar-refractivity contribution in [2.45, 2.75) is 18.9 Å². The molecule has 1 aliphatic heterocycles. The Morgan fingerprint density at radius 1 is 1.32 bits per heavy atom. The molecular formula is C17H21ClN4O3. The first-order chi connectivity index (χ1) is 11.6. The summed E-state index contributed by atoms with van der Waals surface area (Å²) in [5.41, 5.74) is 6.16. The number of rotatable bonds is 3. The third-order valence-corrected chi connectivity index (χ3v) is 4.24. The van der Waals surface area contributed by atoms with Crippen LogP contribution in [0.1, 0.15) is 23.2 Å². The Hall–Kier alpha value is -2.38. The maximum atomic E-state index is 12.4. The third kappa shape index (κ3) is 4.18. The average Bonchev–Trinajstić information content (AvgIpc) is 2.60. The molecule has 25 heavy (non-hydrogen) atoms. The van der Waals surface area contributed by atoms with Crippen molar-refractivity contribution in [1.82, 2.24) is 15.2 Å². The lowest BCUT2D eigenvalue weighted by atomic mass is 10.1. The minimum absolute atomic E-state index is 0. The van der Waals surface area contributed by atoms with Crippen molar-refractivity contribution in [3.8, 4) is 0 Å². The Kier molecular flexibility index (Phi) is 6.17. The number of likely N-dealkylation sites (tertiary alicyclic amines) is 1. The number of carbonyl (C=O) groups is 2. The van der Waals surface area contributed by atoms with Gasteiger partial charge in [-0.2, -0.15) is 0 Å². The molecule has 1 atom stereocenters. The standard InChI is InChI=1S/C17H20N4O3.ClH/c18-11-4-3-7-21(10-11)15(22)9-20-17(24)13-8-19-14-6-2-1-5-12(14)16(13)23;/h1-2,5-6,8,11H,3-4,7,9-10,18H2,(H,19,23)(H,20,24);1H. The van der Waals surface area contributed by atoms with Gasteiger partial charge in [0, 0.05) is 36.2 Å². The second kappa shape index (κ2) is 8.13. The van der Waals surface area contributed by atoms with Crippen molar-refractivity contribution in [3.05, 3.63) is 46.2 Å². The van der Waals surface area contributed by atoms with E-state index in [4.69, 9.17) is 5.73 Å². The number of para-hydroxylation sites is 1. The van der Waals surface area contributed by atoms with Crippen LogP contribution in [0.2, 0.25) is 0 Å². The summed E-state index contributed by atoms with van der Waals surface area (Å²) in [7, 11) is 0. The van der Waals surface area contributed by atoms with E-state index >= 15 is 0 Å². The number of piperidine rings is 1. The van der Waals surface area contributed by atoms with E-state index in [1.54, 1.807) is 29.2 Å². The number of nitrogens with two attached hydrogens (primary N) is 1. The van der Waals surface area contributed by atoms with Crippen molar-refractivity contribution in [1.29, 1.82) is 0 Å². The van der Waals surface area contributed by atoms with Crippen LogP contribution >= 0.6 is 12.4 Å². The molecule has 0 spiro atoms.